The third-order valence-corrected chi connectivity index (χ3v) is 3.57. The van der Waals surface area contributed by atoms with Crippen LogP contribution in [0, 0.1) is 11.8 Å². The number of rotatable bonds is 4. The summed E-state index contributed by atoms with van der Waals surface area (Å²) in [5.74, 6) is -0.108. The zero-order valence-electron chi connectivity index (χ0n) is 11.9. The van der Waals surface area contributed by atoms with Gasteiger partial charge in [0.05, 0.1) is 0 Å². The lowest BCUT2D eigenvalue weighted by atomic mass is 9.97. The smallest absolute Gasteiger partial charge is 0.354 e. The molecule has 2 rings (SSSR count). The number of likely N-dealkylation sites (tertiary alicyclic amines) is 1. The molecule has 1 saturated heterocycles. The molecule has 108 valence electrons. The average molecular weight is 276 g/mol. The predicted octanol–water partition coefficient (Wildman–Crippen LogP) is 2.29. The lowest BCUT2D eigenvalue weighted by Gasteiger charge is -2.17. The van der Waals surface area contributed by atoms with Crippen molar-refractivity contribution in [1.82, 2.24) is 9.88 Å². The normalized spacial score (nSPS) is 18.6. The Morgan fingerprint density at radius 2 is 2.10 bits per heavy atom. The van der Waals surface area contributed by atoms with Crippen molar-refractivity contribution in [3.05, 3.63) is 29.6 Å². The van der Waals surface area contributed by atoms with Gasteiger partial charge in [-0.15, -0.1) is 0 Å². The van der Waals surface area contributed by atoms with E-state index in [4.69, 9.17) is 5.11 Å². The number of amides is 1. The van der Waals surface area contributed by atoms with Gasteiger partial charge in [-0.3, -0.25) is 4.79 Å². The zero-order valence-corrected chi connectivity index (χ0v) is 11.9. The second-order valence-electron chi connectivity index (χ2n) is 5.75. The summed E-state index contributed by atoms with van der Waals surface area (Å²) in [5, 5.41) is 8.91. The summed E-state index contributed by atoms with van der Waals surface area (Å²) in [7, 11) is 0. The maximum atomic E-state index is 12.3. The Morgan fingerprint density at radius 1 is 1.40 bits per heavy atom. The van der Waals surface area contributed by atoms with Crippen LogP contribution in [0.25, 0.3) is 0 Å². The molecular weight excluding hydrogens is 256 g/mol. The average Bonchev–Trinajstić information content (AvgIpc) is 2.85. The Morgan fingerprint density at radius 3 is 2.75 bits per heavy atom. The summed E-state index contributed by atoms with van der Waals surface area (Å²) in [6, 6.07) is 4.53. The predicted molar refractivity (Wildman–Crippen MR) is 74.7 cm³/mol. The lowest BCUT2D eigenvalue weighted by molar-refractivity contribution is 0.0690. The van der Waals surface area contributed by atoms with Gasteiger partial charge in [-0.05, 0) is 36.8 Å². The van der Waals surface area contributed by atoms with Gasteiger partial charge in [-0.25, -0.2) is 9.78 Å². The molecule has 0 aromatic carbocycles. The standard InChI is InChI=1S/C15H20N2O3/c1-10(2)8-11-6-7-17(9-11)14(18)12-4-3-5-13(16-12)15(19)20/h3-5,10-11H,6-9H2,1-2H3,(H,19,20). The van der Waals surface area contributed by atoms with Gasteiger partial charge in [-0.1, -0.05) is 19.9 Å². The van der Waals surface area contributed by atoms with Gasteiger partial charge in [0, 0.05) is 13.1 Å². The minimum absolute atomic E-state index is 0.0891. The van der Waals surface area contributed by atoms with Gasteiger partial charge in [-0.2, -0.15) is 0 Å². The quantitative estimate of drug-likeness (QED) is 0.916. The van der Waals surface area contributed by atoms with E-state index in [1.807, 2.05) is 0 Å². The van der Waals surface area contributed by atoms with E-state index in [2.05, 4.69) is 18.8 Å². The summed E-state index contributed by atoms with van der Waals surface area (Å²) in [4.78, 5) is 28.9. The lowest BCUT2D eigenvalue weighted by Crippen LogP contribution is -2.30. The van der Waals surface area contributed by atoms with E-state index in [-0.39, 0.29) is 17.3 Å². The van der Waals surface area contributed by atoms with Crippen LogP contribution in [0.1, 0.15) is 47.7 Å². The van der Waals surface area contributed by atoms with Crippen LogP contribution in [0.15, 0.2) is 18.2 Å². The van der Waals surface area contributed by atoms with Gasteiger partial charge in [0.25, 0.3) is 5.91 Å². The molecule has 1 fully saturated rings. The number of aromatic nitrogens is 1. The van der Waals surface area contributed by atoms with Crippen molar-refractivity contribution < 1.29 is 14.7 Å². The maximum absolute atomic E-state index is 12.3. The zero-order chi connectivity index (χ0) is 14.7. The number of nitrogens with zero attached hydrogens (tertiary/aromatic N) is 2. The Kier molecular flexibility index (Phi) is 4.37. The highest BCUT2D eigenvalue weighted by Crippen LogP contribution is 2.24. The van der Waals surface area contributed by atoms with Gasteiger partial charge in [0.1, 0.15) is 11.4 Å². The fourth-order valence-corrected chi connectivity index (χ4v) is 2.71. The summed E-state index contributed by atoms with van der Waals surface area (Å²) in [6.45, 7) is 5.84. The number of carboxylic acids is 1. The molecule has 2 heterocycles. The monoisotopic (exact) mass is 276 g/mol. The van der Waals surface area contributed by atoms with E-state index in [0.29, 0.717) is 11.8 Å². The van der Waals surface area contributed by atoms with Crippen molar-refractivity contribution in [2.24, 2.45) is 11.8 Å². The molecule has 0 saturated carbocycles. The van der Waals surface area contributed by atoms with Crippen LogP contribution in [0.3, 0.4) is 0 Å². The third kappa shape index (κ3) is 3.35. The largest absolute Gasteiger partial charge is 0.477 e. The van der Waals surface area contributed by atoms with E-state index < -0.39 is 5.97 Å². The highest BCUT2D eigenvalue weighted by Gasteiger charge is 2.28. The Hall–Kier alpha value is -1.91. The fourth-order valence-electron chi connectivity index (χ4n) is 2.71. The van der Waals surface area contributed by atoms with Crippen LogP contribution in [0.2, 0.25) is 0 Å². The number of pyridine rings is 1. The molecule has 0 aliphatic carbocycles. The van der Waals surface area contributed by atoms with Crippen LogP contribution in [-0.4, -0.2) is 40.0 Å². The summed E-state index contributed by atoms with van der Waals surface area (Å²) < 4.78 is 0. The van der Waals surface area contributed by atoms with Crippen LogP contribution in [0.4, 0.5) is 0 Å². The second kappa shape index (κ2) is 6.03. The Bertz CT molecular complexity index is 514. The minimum atomic E-state index is -1.11. The van der Waals surface area contributed by atoms with Gasteiger partial charge < -0.3 is 10.0 Å². The number of carboxylic acid groups (broad SMARTS) is 1. The van der Waals surface area contributed by atoms with E-state index >= 15 is 0 Å². The molecule has 1 N–H and O–H groups in total. The van der Waals surface area contributed by atoms with E-state index in [1.165, 1.54) is 6.07 Å². The van der Waals surface area contributed by atoms with Crippen LogP contribution < -0.4 is 0 Å². The second-order valence-corrected chi connectivity index (χ2v) is 5.75. The van der Waals surface area contributed by atoms with Crippen molar-refractivity contribution in [3.8, 4) is 0 Å². The molecule has 0 spiro atoms. The van der Waals surface area contributed by atoms with Crippen molar-refractivity contribution in [1.29, 1.82) is 0 Å². The SMILES string of the molecule is CC(C)CC1CCN(C(=O)c2cccc(C(=O)O)n2)C1. The van der Waals surface area contributed by atoms with E-state index in [1.54, 1.807) is 17.0 Å². The summed E-state index contributed by atoms with van der Waals surface area (Å²) >= 11 is 0. The first-order valence-corrected chi connectivity index (χ1v) is 6.97. The first-order chi connectivity index (χ1) is 9.47. The first-order valence-electron chi connectivity index (χ1n) is 6.97. The topological polar surface area (TPSA) is 70.5 Å². The highest BCUT2D eigenvalue weighted by atomic mass is 16.4. The van der Waals surface area contributed by atoms with Crippen molar-refractivity contribution >= 4 is 11.9 Å². The molecule has 1 aliphatic heterocycles. The van der Waals surface area contributed by atoms with Crippen molar-refractivity contribution in [2.75, 3.05) is 13.1 Å². The molecule has 5 nitrogen and oxygen atoms in total. The molecule has 1 aliphatic rings. The van der Waals surface area contributed by atoms with Crippen LogP contribution in [0.5, 0.6) is 0 Å². The van der Waals surface area contributed by atoms with Crippen molar-refractivity contribution in [2.45, 2.75) is 26.7 Å². The third-order valence-electron chi connectivity index (χ3n) is 3.57. The number of hydrogen-bond acceptors (Lipinski definition) is 3. The summed E-state index contributed by atoms with van der Waals surface area (Å²) in [5.41, 5.74) is 0.129. The first kappa shape index (κ1) is 14.5. The number of aromatic carboxylic acids is 1. The van der Waals surface area contributed by atoms with Crippen LogP contribution in [-0.2, 0) is 0 Å². The number of carbonyl (C=O) groups excluding carboxylic acids is 1. The van der Waals surface area contributed by atoms with Gasteiger partial charge >= 0.3 is 5.97 Å². The van der Waals surface area contributed by atoms with E-state index in [9.17, 15) is 9.59 Å². The molecule has 20 heavy (non-hydrogen) atoms. The molecule has 0 radical (unpaired) electrons. The maximum Gasteiger partial charge on any atom is 0.354 e. The summed E-state index contributed by atoms with van der Waals surface area (Å²) in [6.07, 6.45) is 2.13. The Labute approximate surface area is 118 Å². The number of carbonyl (C=O) groups is 2. The minimum Gasteiger partial charge on any atom is -0.477 e. The molecule has 0 bridgehead atoms. The molecule has 1 atom stereocenters. The molecular formula is C15H20N2O3. The molecule has 5 heteroatoms. The Balaban J connectivity index is 2.05. The van der Waals surface area contributed by atoms with Crippen molar-refractivity contribution in [3.63, 3.8) is 0 Å². The highest BCUT2D eigenvalue weighted by molar-refractivity contribution is 5.94. The van der Waals surface area contributed by atoms with Gasteiger partial charge in [0.2, 0.25) is 0 Å². The van der Waals surface area contributed by atoms with E-state index in [0.717, 1.165) is 25.9 Å². The molecule has 1 unspecified atom stereocenters. The number of hydrogen-bond donors (Lipinski definition) is 1. The molecule has 1 aromatic rings. The molecule has 1 amide bonds. The molecule has 1 aromatic heterocycles. The fraction of sp³-hybridized carbons (Fsp3) is 0.533. The van der Waals surface area contributed by atoms with Crippen LogP contribution >= 0.6 is 0 Å². The van der Waals surface area contributed by atoms with Gasteiger partial charge in [0.15, 0.2) is 0 Å².